The number of anilines is 2. The number of fused-ring (bicyclic) bond motifs is 1. The third-order valence-electron chi connectivity index (χ3n) is 2.75. The summed E-state index contributed by atoms with van der Waals surface area (Å²) in [6.45, 7) is 0. The molecule has 94 valence electrons. The van der Waals surface area contributed by atoms with Gasteiger partial charge in [-0.25, -0.2) is 0 Å². The quantitative estimate of drug-likeness (QED) is 0.500. The molecule has 0 aliphatic rings. The number of nitrogen functional groups attached to an aromatic ring is 1. The van der Waals surface area contributed by atoms with E-state index in [1.165, 1.54) is 0 Å². The third-order valence-corrected chi connectivity index (χ3v) is 3.14. The lowest BCUT2D eigenvalue weighted by molar-refractivity contribution is -0.116. The van der Waals surface area contributed by atoms with Gasteiger partial charge < -0.3 is 16.8 Å². The van der Waals surface area contributed by atoms with Crippen molar-refractivity contribution in [1.29, 1.82) is 0 Å². The van der Waals surface area contributed by atoms with Crippen molar-refractivity contribution in [2.24, 2.45) is 5.73 Å². The molecule has 0 fully saturated rings. The van der Waals surface area contributed by atoms with E-state index in [0.717, 1.165) is 10.8 Å². The fourth-order valence-corrected chi connectivity index (χ4v) is 1.92. The summed E-state index contributed by atoms with van der Waals surface area (Å²) in [5, 5.41) is 4.61. The van der Waals surface area contributed by atoms with Gasteiger partial charge in [-0.15, -0.1) is 0 Å². The molecule has 0 saturated carbocycles. The monoisotopic (exact) mass is 261 g/mol. The van der Waals surface area contributed by atoms with Crippen molar-refractivity contribution < 1.29 is 4.79 Å². The second-order valence-electron chi connectivity index (χ2n) is 4.03. The van der Waals surface area contributed by atoms with Gasteiger partial charge in [-0.05, 0) is 12.1 Å². The third kappa shape index (κ3) is 2.42. The molecule has 0 radical (unpaired) electrons. The number of amides is 1. The van der Waals surface area contributed by atoms with E-state index in [-0.39, 0.29) is 5.91 Å². The molecule has 0 bridgehead atoms. The molecule has 0 heterocycles. The molecule has 2 aromatic carbocycles. The molecule has 5 N–H and O–H groups in total. The number of hydrogen-bond acceptors (Lipinski definition) is 4. The Morgan fingerprint density at radius 2 is 1.89 bits per heavy atom. The molecule has 18 heavy (non-hydrogen) atoms. The summed E-state index contributed by atoms with van der Waals surface area (Å²) in [6.07, 6.45) is 0. The molecule has 2 rings (SSSR count). The first-order valence-corrected chi connectivity index (χ1v) is 6.21. The highest BCUT2D eigenvalue weighted by Crippen LogP contribution is 2.27. The normalized spacial score (nSPS) is 12.3. The van der Waals surface area contributed by atoms with Gasteiger partial charge in [0.15, 0.2) is 0 Å². The van der Waals surface area contributed by atoms with Gasteiger partial charge >= 0.3 is 0 Å². The van der Waals surface area contributed by atoms with Gasteiger partial charge in [-0.3, -0.25) is 4.79 Å². The Bertz CT molecular complexity index is 585. The van der Waals surface area contributed by atoms with Crippen LogP contribution in [0, 0.1) is 0 Å². The molecule has 4 nitrogen and oxygen atoms in total. The average molecular weight is 261 g/mol. The molecule has 0 saturated heterocycles. The minimum absolute atomic E-state index is 0.250. The van der Waals surface area contributed by atoms with Crippen molar-refractivity contribution in [2.45, 2.75) is 6.04 Å². The van der Waals surface area contributed by atoms with E-state index in [0.29, 0.717) is 17.1 Å². The minimum atomic E-state index is -0.621. The van der Waals surface area contributed by atoms with Crippen LogP contribution in [0.25, 0.3) is 10.8 Å². The van der Waals surface area contributed by atoms with E-state index in [4.69, 9.17) is 11.5 Å². The van der Waals surface area contributed by atoms with Crippen LogP contribution in [0.2, 0.25) is 0 Å². The number of rotatable bonds is 3. The number of thiol groups is 1. The van der Waals surface area contributed by atoms with E-state index < -0.39 is 6.04 Å². The Morgan fingerprint density at radius 3 is 2.61 bits per heavy atom. The second kappa shape index (κ2) is 5.29. The van der Waals surface area contributed by atoms with Gasteiger partial charge in [-0.1, -0.05) is 24.3 Å². The van der Waals surface area contributed by atoms with Crippen molar-refractivity contribution in [3.63, 3.8) is 0 Å². The minimum Gasteiger partial charge on any atom is -0.398 e. The summed E-state index contributed by atoms with van der Waals surface area (Å²) in [5.41, 5.74) is 12.9. The van der Waals surface area contributed by atoms with Crippen LogP contribution in [0.4, 0.5) is 11.4 Å². The van der Waals surface area contributed by atoms with Crippen LogP contribution in [-0.2, 0) is 4.79 Å². The SMILES string of the molecule is Nc1cccc2c(NC(=O)[C@@H](N)CS)cccc12. The number of carbonyl (C=O) groups excluding carboxylic acids is 1. The summed E-state index contributed by atoms with van der Waals surface area (Å²) in [5.74, 6) is 0.0542. The lowest BCUT2D eigenvalue weighted by atomic mass is 10.1. The fourth-order valence-electron chi connectivity index (χ4n) is 1.75. The number of carbonyl (C=O) groups is 1. The lowest BCUT2D eigenvalue weighted by Crippen LogP contribution is -2.37. The van der Waals surface area contributed by atoms with Crippen molar-refractivity contribution in [3.05, 3.63) is 36.4 Å². The Balaban J connectivity index is 2.40. The average Bonchev–Trinajstić information content (AvgIpc) is 2.39. The standard InChI is InChI=1S/C13H15N3OS/c14-10-5-1-4-9-8(10)3-2-6-12(9)16-13(17)11(15)7-18/h1-6,11,18H,7,14-15H2,(H,16,17)/t11-/m0/s1. The molecule has 0 aliphatic heterocycles. The molecule has 1 amide bonds. The lowest BCUT2D eigenvalue weighted by Gasteiger charge is -2.12. The largest absolute Gasteiger partial charge is 0.398 e. The number of benzene rings is 2. The Labute approximate surface area is 111 Å². The Morgan fingerprint density at radius 1 is 1.22 bits per heavy atom. The molecule has 2 aromatic rings. The maximum atomic E-state index is 11.8. The molecule has 5 heteroatoms. The summed E-state index contributed by atoms with van der Waals surface area (Å²) in [4.78, 5) is 11.8. The topological polar surface area (TPSA) is 81.1 Å². The van der Waals surface area contributed by atoms with Crippen LogP contribution in [-0.4, -0.2) is 17.7 Å². The number of hydrogen-bond donors (Lipinski definition) is 4. The molecule has 0 aromatic heterocycles. The van der Waals surface area contributed by atoms with Gasteiger partial charge in [-0.2, -0.15) is 12.6 Å². The van der Waals surface area contributed by atoms with E-state index in [1.54, 1.807) is 0 Å². The Kier molecular flexibility index (Phi) is 3.74. The first kappa shape index (κ1) is 12.7. The van der Waals surface area contributed by atoms with Crippen LogP contribution in [0.3, 0.4) is 0 Å². The van der Waals surface area contributed by atoms with Crippen LogP contribution in [0.15, 0.2) is 36.4 Å². The smallest absolute Gasteiger partial charge is 0.242 e. The zero-order chi connectivity index (χ0) is 13.1. The molecule has 0 unspecified atom stereocenters. The van der Waals surface area contributed by atoms with Gasteiger partial charge in [0, 0.05) is 27.9 Å². The van der Waals surface area contributed by atoms with E-state index in [9.17, 15) is 4.79 Å². The predicted octanol–water partition coefficient (Wildman–Crippen LogP) is 1.62. The van der Waals surface area contributed by atoms with Crippen LogP contribution in [0.1, 0.15) is 0 Å². The molecule has 0 spiro atoms. The summed E-state index contributed by atoms with van der Waals surface area (Å²) in [7, 11) is 0. The van der Waals surface area contributed by atoms with Crippen LogP contribution < -0.4 is 16.8 Å². The predicted molar refractivity (Wildman–Crippen MR) is 78.8 cm³/mol. The van der Waals surface area contributed by atoms with E-state index in [1.807, 2.05) is 36.4 Å². The molecule has 0 aliphatic carbocycles. The Hall–Kier alpha value is -1.72. The van der Waals surface area contributed by atoms with Crippen molar-refractivity contribution in [1.82, 2.24) is 0 Å². The summed E-state index contributed by atoms with van der Waals surface area (Å²) >= 11 is 4.01. The molecular formula is C13H15N3OS. The fraction of sp³-hybridized carbons (Fsp3) is 0.154. The van der Waals surface area contributed by atoms with Crippen molar-refractivity contribution >= 4 is 40.7 Å². The van der Waals surface area contributed by atoms with Gasteiger partial charge in [0.05, 0.1) is 6.04 Å². The zero-order valence-corrected chi connectivity index (χ0v) is 10.7. The van der Waals surface area contributed by atoms with Gasteiger partial charge in [0.1, 0.15) is 0 Å². The first-order valence-electron chi connectivity index (χ1n) is 5.58. The zero-order valence-electron chi connectivity index (χ0n) is 9.76. The molecule has 1 atom stereocenters. The van der Waals surface area contributed by atoms with Gasteiger partial charge in [0.25, 0.3) is 0 Å². The maximum Gasteiger partial charge on any atom is 0.242 e. The summed E-state index contributed by atoms with van der Waals surface area (Å²) in [6, 6.07) is 10.6. The number of nitrogens with two attached hydrogens (primary N) is 2. The van der Waals surface area contributed by atoms with Crippen LogP contribution in [0.5, 0.6) is 0 Å². The van der Waals surface area contributed by atoms with Crippen molar-refractivity contribution in [2.75, 3.05) is 16.8 Å². The summed E-state index contributed by atoms with van der Waals surface area (Å²) < 4.78 is 0. The molecular weight excluding hydrogens is 246 g/mol. The first-order chi connectivity index (χ1) is 8.63. The van der Waals surface area contributed by atoms with E-state index in [2.05, 4.69) is 17.9 Å². The van der Waals surface area contributed by atoms with Crippen LogP contribution >= 0.6 is 12.6 Å². The van der Waals surface area contributed by atoms with Gasteiger partial charge in [0.2, 0.25) is 5.91 Å². The number of nitrogens with one attached hydrogen (secondary N) is 1. The highest BCUT2D eigenvalue weighted by molar-refractivity contribution is 7.80. The van der Waals surface area contributed by atoms with E-state index >= 15 is 0 Å². The van der Waals surface area contributed by atoms with Crippen molar-refractivity contribution in [3.8, 4) is 0 Å². The maximum absolute atomic E-state index is 11.8. The second-order valence-corrected chi connectivity index (χ2v) is 4.39. The highest BCUT2D eigenvalue weighted by atomic mass is 32.1. The highest BCUT2D eigenvalue weighted by Gasteiger charge is 2.12.